The number of carbonyl (C=O) groups excluding carboxylic acids is 2. The first-order chi connectivity index (χ1) is 17.3. The van der Waals surface area contributed by atoms with Crippen LogP contribution < -0.4 is 10.6 Å². The van der Waals surface area contributed by atoms with E-state index in [-0.39, 0.29) is 30.3 Å². The molecule has 0 aliphatic carbocycles. The predicted molar refractivity (Wildman–Crippen MR) is 134 cm³/mol. The number of ether oxygens (including phenoxy) is 1. The van der Waals surface area contributed by atoms with Gasteiger partial charge >= 0.3 is 12.0 Å². The number of rotatable bonds is 6. The molecule has 1 saturated heterocycles. The topological polar surface area (TPSA) is 108 Å². The van der Waals surface area contributed by atoms with Crippen molar-refractivity contribution >= 4 is 40.9 Å². The van der Waals surface area contributed by atoms with Crippen molar-refractivity contribution in [2.45, 2.75) is 18.6 Å². The first kappa shape index (κ1) is 25.2. The number of carboxylic acids is 1. The van der Waals surface area contributed by atoms with Crippen molar-refractivity contribution < 1.29 is 28.6 Å². The maximum atomic E-state index is 14.9. The number of benzene rings is 3. The number of hydrogen-bond acceptors (Lipinski definition) is 4. The molecule has 3 N–H and O–H groups in total. The Labute approximate surface area is 211 Å². The number of nitrogens with one attached hydrogen (secondary N) is 2. The number of carbonyl (C=O) groups is 3. The Morgan fingerprint density at radius 3 is 2.44 bits per heavy atom. The van der Waals surface area contributed by atoms with Gasteiger partial charge in [0.2, 0.25) is 5.91 Å². The molecule has 0 aromatic heterocycles. The Morgan fingerprint density at radius 1 is 1.06 bits per heavy atom. The number of anilines is 2. The number of nitrogens with zero attached hydrogens (tertiary/aromatic N) is 1. The van der Waals surface area contributed by atoms with Crippen molar-refractivity contribution in [2.75, 3.05) is 24.3 Å². The summed E-state index contributed by atoms with van der Waals surface area (Å²) in [7, 11) is 1.49. The monoisotopic (exact) mass is 511 g/mol. The van der Waals surface area contributed by atoms with Gasteiger partial charge in [-0.1, -0.05) is 35.9 Å². The van der Waals surface area contributed by atoms with Crippen molar-refractivity contribution in [3.05, 3.63) is 83.1 Å². The fraction of sp³-hybridized carbons (Fsp3) is 0.192. The summed E-state index contributed by atoms with van der Waals surface area (Å²) in [5, 5.41) is 15.2. The smallest absolute Gasteiger partial charge is 0.336 e. The average molecular weight is 512 g/mol. The zero-order valence-electron chi connectivity index (χ0n) is 19.2. The molecule has 2 atom stereocenters. The fourth-order valence-electron chi connectivity index (χ4n) is 4.09. The summed E-state index contributed by atoms with van der Waals surface area (Å²) in [6.07, 6.45) is -0.126. The van der Waals surface area contributed by atoms with Gasteiger partial charge < -0.3 is 25.4 Å². The van der Waals surface area contributed by atoms with Gasteiger partial charge in [-0.2, -0.15) is 0 Å². The number of amides is 3. The summed E-state index contributed by atoms with van der Waals surface area (Å²) in [5.74, 6) is -2.44. The highest BCUT2D eigenvalue weighted by molar-refractivity contribution is 6.30. The maximum absolute atomic E-state index is 14.9. The average Bonchev–Trinajstić information content (AvgIpc) is 3.32. The van der Waals surface area contributed by atoms with Gasteiger partial charge in [0.15, 0.2) is 0 Å². The van der Waals surface area contributed by atoms with Crippen molar-refractivity contribution in [1.82, 2.24) is 4.90 Å². The van der Waals surface area contributed by atoms with Crippen molar-refractivity contribution in [3.8, 4) is 11.1 Å². The second kappa shape index (κ2) is 10.8. The third-order valence-electron chi connectivity index (χ3n) is 5.95. The number of carboxylic acid groups (broad SMARTS) is 1. The Hall–Kier alpha value is -3.95. The van der Waals surface area contributed by atoms with Gasteiger partial charge in [-0.15, -0.1) is 0 Å². The molecular weight excluding hydrogens is 489 g/mol. The van der Waals surface area contributed by atoms with Crippen LogP contribution in [0.3, 0.4) is 0 Å². The molecule has 3 aromatic rings. The minimum absolute atomic E-state index is 0.0348. The molecule has 1 fully saturated rings. The zero-order valence-corrected chi connectivity index (χ0v) is 20.0. The van der Waals surface area contributed by atoms with E-state index >= 15 is 0 Å². The van der Waals surface area contributed by atoms with Crippen LogP contribution in [0.1, 0.15) is 16.8 Å². The molecule has 4 rings (SSSR count). The van der Waals surface area contributed by atoms with E-state index in [0.717, 1.165) is 6.07 Å². The highest BCUT2D eigenvalue weighted by atomic mass is 35.5. The molecule has 10 heteroatoms. The second-order valence-corrected chi connectivity index (χ2v) is 8.67. The molecular formula is C26H23ClFN3O5. The normalized spacial score (nSPS) is 17.0. The zero-order chi connectivity index (χ0) is 25.8. The molecule has 0 saturated carbocycles. The van der Waals surface area contributed by atoms with E-state index < -0.39 is 29.8 Å². The van der Waals surface area contributed by atoms with E-state index in [0.29, 0.717) is 21.8 Å². The molecule has 1 heterocycles. The number of aromatic carboxylic acids is 1. The SMILES string of the molecule is CO[C@@H]1C[C@H](C(=O)Nc2ccc(-c3ccccc3C(=O)O)cc2F)N(C(=O)Nc2ccc(Cl)cc2)C1. The van der Waals surface area contributed by atoms with Crippen LogP contribution in [0.5, 0.6) is 0 Å². The molecule has 3 aromatic carbocycles. The number of likely N-dealkylation sites (tertiary alicyclic amines) is 1. The lowest BCUT2D eigenvalue weighted by molar-refractivity contribution is -0.119. The van der Waals surface area contributed by atoms with E-state index in [1.165, 1.54) is 30.2 Å². The van der Waals surface area contributed by atoms with Gasteiger partial charge in [-0.05, 0) is 53.6 Å². The Morgan fingerprint density at radius 2 is 1.78 bits per heavy atom. The largest absolute Gasteiger partial charge is 0.478 e. The molecule has 0 unspecified atom stereocenters. The van der Waals surface area contributed by atoms with Crippen molar-refractivity contribution in [3.63, 3.8) is 0 Å². The molecule has 0 bridgehead atoms. The quantitative estimate of drug-likeness (QED) is 0.426. The van der Waals surface area contributed by atoms with E-state index in [4.69, 9.17) is 16.3 Å². The Bertz CT molecular complexity index is 1300. The van der Waals surface area contributed by atoms with E-state index in [9.17, 15) is 23.9 Å². The number of halogens is 2. The third-order valence-corrected chi connectivity index (χ3v) is 6.20. The molecule has 36 heavy (non-hydrogen) atoms. The van der Waals surface area contributed by atoms with E-state index in [1.54, 1.807) is 42.5 Å². The van der Waals surface area contributed by atoms with E-state index in [1.807, 2.05) is 0 Å². The number of urea groups is 1. The minimum atomic E-state index is -1.13. The van der Waals surface area contributed by atoms with Crippen LogP contribution in [-0.4, -0.2) is 53.7 Å². The first-order valence-corrected chi connectivity index (χ1v) is 11.4. The van der Waals surface area contributed by atoms with Crippen LogP contribution in [0.25, 0.3) is 11.1 Å². The summed E-state index contributed by atoms with van der Waals surface area (Å²) < 4.78 is 20.3. The van der Waals surface area contributed by atoms with Crippen LogP contribution in [0.15, 0.2) is 66.7 Å². The van der Waals surface area contributed by atoms with E-state index in [2.05, 4.69) is 10.6 Å². The second-order valence-electron chi connectivity index (χ2n) is 8.23. The van der Waals surface area contributed by atoms with Crippen LogP contribution in [0.2, 0.25) is 5.02 Å². The van der Waals surface area contributed by atoms with Crippen molar-refractivity contribution in [2.24, 2.45) is 0 Å². The molecule has 186 valence electrons. The highest BCUT2D eigenvalue weighted by Crippen LogP contribution is 2.29. The Kier molecular flexibility index (Phi) is 7.52. The summed E-state index contributed by atoms with van der Waals surface area (Å²) >= 11 is 5.88. The number of methoxy groups -OCH3 is 1. The lowest BCUT2D eigenvalue weighted by atomic mass is 9.99. The standard InChI is InChI=1S/C26H23ClFN3O5/c1-36-18-13-23(31(14-18)26(35)29-17-9-7-16(27)8-10-17)24(32)30-22-11-6-15(12-21(22)28)19-4-2-3-5-20(19)25(33)34/h2-12,18,23H,13-14H2,1H3,(H,29,35)(H,30,32)(H,33,34)/t18-,23-/m1/s1. The van der Waals surface area contributed by atoms with Gasteiger partial charge in [0.05, 0.1) is 17.4 Å². The molecule has 1 aliphatic rings. The summed E-state index contributed by atoms with van der Waals surface area (Å²) in [6, 6.07) is 15.4. The lowest BCUT2D eigenvalue weighted by Crippen LogP contribution is -2.45. The fourth-order valence-corrected chi connectivity index (χ4v) is 4.22. The van der Waals surface area contributed by atoms with Crippen LogP contribution in [0, 0.1) is 5.82 Å². The maximum Gasteiger partial charge on any atom is 0.336 e. The molecule has 0 spiro atoms. The molecule has 8 nitrogen and oxygen atoms in total. The Balaban J connectivity index is 1.51. The predicted octanol–water partition coefficient (Wildman–Crippen LogP) is 5.10. The summed E-state index contributed by atoms with van der Waals surface area (Å²) in [4.78, 5) is 38.8. The minimum Gasteiger partial charge on any atom is -0.478 e. The van der Waals surface area contributed by atoms with Crippen molar-refractivity contribution in [1.29, 1.82) is 0 Å². The van der Waals surface area contributed by atoms with Crippen LogP contribution in [-0.2, 0) is 9.53 Å². The van der Waals surface area contributed by atoms with Crippen LogP contribution >= 0.6 is 11.6 Å². The highest BCUT2D eigenvalue weighted by Gasteiger charge is 2.40. The first-order valence-electron chi connectivity index (χ1n) is 11.1. The summed E-state index contributed by atoms with van der Waals surface area (Å²) in [6.45, 7) is 0.182. The van der Waals surface area contributed by atoms with Gasteiger partial charge in [0.25, 0.3) is 0 Å². The molecule has 1 aliphatic heterocycles. The van der Waals surface area contributed by atoms with Gasteiger partial charge in [-0.25, -0.2) is 14.0 Å². The van der Waals surface area contributed by atoms with Crippen LogP contribution in [0.4, 0.5) is 20.6 Å². The number of hydrogen-bond donors (Lipinski definition) is 3. The van der Waals surface area contributed by atoms with Gasteiger partial charge in [0.1, 0.15) is 11.9 Å². The lowest BCUT2D eigenvalue weighted by Gasteiger charge is -2.24. The van der Waals surface area contributed by atoms with Gasteiger partial charge in [-0.3, -0.25) is 4.79 Å². The molecule has 3 amide bonds. The van der Waals surface area contributed by atoms with Gasteiger partial charge in [0, 0.05) is 30.8 Å². The summed E-state index contributed by atoms with van der Waals surface area (Å²) in [5.41, 5.74) is 1.16. The third kappa shape index (κ3) is 5.48. The molecule has 0 radical (unpaired) electrons.